The van der Waals surface area contributed by atoms with Crippen LogP contribution in [0.4, 0.5) is 17.3 Å². The molecule has 0 spiro atoms. The Hall–Kier alpha value is -2.80. The Morgan fingerprint density at radius 1 is 1.11 bits per heavy atom. The Labute approximate surface area is 162 Å². The van der Waals surface area contributed by atoms with Crippen LogP contribution >= 0.6 is 11.8 Å². The number of nitrogens with one attached hydrogen (secondary N) is 2. The van der Waals surface area contributed by atoms with Crippen LogP contribution in [0.2, 0.25) is 0 Å². The van der Waals surface area contributed by atoms with Crippen molar-refractivity contribution in [3.8, 4) is 0 Å². The molecule has 1 aromatic heterocycles. The zero-order valence-corrected chi connectivity index (χ0v) is 15.9. The number of rotatable bonds is 6. The minimum absolute atomic E-state index is 0.142. The third kappa shape index (κ3) is 4.49. The van der Waals surface area contributed by atoms with E-state index in [4.69, 9.17) is 0 Å². The van der Waals surface area contributed by atoms with Crippen LogP contribution in [0, 0.1) is 5.92 Å². The van der Waals surface area contributed by atoms with Gasteiger partial charge in [-0.05, 0) is 55.3 Å². The van der Waals surface area contributed by atoms with Crippen molar-refractivity contribution in [3.05, 3.63) is 54.9 Å². The van der Waals surface area contributed by atoms with Gasteiger partial charge in [-0.2, -0.15) is 0 Å². The highest BCUT2D eigenvalue weighted by Gasteiger charge is 2.24. The summed E-state index contributed by atoms with van der Waals surface area (Å²) in [6.45, 7) is 0. The fraction of sp³-hybridized carbons (Fsp3) is 0.250. The molecule has 0 unspecified atom stereocenters. The van der Waals surface area contributed by atoms with E-state index in [-0.39, 0.29) is 11.8 Å². The maximum absolute atomic E-state index is 12.0. The molecule has 2 aromatic carbocycles. The van der Waals surface area contributed by atoms with Gasteiger partial charge in [0, 0.05) is 34.1 Å². The second-order valence-corrected chi connectivity index (χ2v) is 7.79. The molecule has 1 heterocycles. The highest BCUT2D eigenvalue weighted by atomic mass is 32.2. The van der Waals surface area contributed by atoms with Crippen molar-refractivity contribution in [1.29, 1.82) is 0 Å². The molecule has 1 saturated carbocycles. The van der Waals surface area contributed by atoms with E-state index in [1.165, 1.54) is 0 Å². The molecule has 27 heavy (non-hydrogen) atoms. The minimum atomic E-state index is 0.142. The van der Waals surface area contributed by atoms with Gasteiger partial charge >= 0.3 is 0 Å². The second-order valence-electron chi connectivity index (χ2n) is 6.64. The first kappa shape index (κ1) is 17.6. The van der Waals surface area contributed by atoms with E-state index < -0.39 is 0 Å². The number of hydrogen-bond donors (Lipinski definition) is 2. The van der Waals surface area contributed by atoms with E-state index in [1.807, 2.05) is 43.4 Å². The zero-order valence-electron chi connectivity index (χ0n) is 15.1. The Morgan fingerprint density at radius 3 is 2.59 bits per heavy atom. The van der Waals surface area contributed by atoms with Crippen LogP contribution in [0.1, 0.15) is 19.3 Å². The van der Waals surface area contributed by atoms with Gasteiger partial charge in [-0.15, -0.1) is 5.10 Å². The van der Waals surface area contributed by atoms with Crippen molar-refractivity contribution in [2.24, 2.45) is 13.0 Å². The van der Waals surface area contributed by atoms with E-state index in [9.17, 15) is 4.79 Å². The van der Waals surface area contributed by atoms with Gasteiger partial charge in [0.1, 0.15) is 6.33 Å². The molecule has 0 bridgehead atoms. The lowest BCUT2D eigenvalue weighted by Crippen LogP contribution is -2.27. The fourth-order valence-electron chi connectivity index (χ4n) is 2.82. The van der Waals surface area contributed by atoms with Gasteiger partial charge in [0.2, 0.25) is 11.9 Å². The average molecular weight is 379 g/mol. The average Bonchev–Trinajstić information content (AvgIpc) is 3.00. The molecule has 1 amide bonds. The van der Waals surface area contributed by atoms with Gasteiger partial charge < -0.3 is 10.6 Å². The molecular weight excluding hydrogens is 358 g/mol. The standard InChI is InChI=1S/C20H21N5OS/c1-25-13-21-20(24-25)23-16-6-3-7-18(12-16)27-17-10-8-15(9-11-17)22-19(26)14-4-2-5-14/h3,6-14H,2,4-5H2,1H3,(H,22,26)(H,23,24). The van der Waals surface area contributed by atoms with Crippen LogP contribution in [0.25, 0.3) is 0 Å². The van der Waals surface area contributed by atoms with Gasteiger partial charge in [0.25, 0.3) is 0 Å². The minimum Gasteiger partial charge on any atom is -0.326 e. The van der Waals surface area contributed by atoms with Gasteiger partial charge in [-0.1, -0.05) is 24.2 Å². The molecule has 7 heteroatoms. The van der Waals surface area contributed by atoms with E-state index in [0.717, 1.165) is 40.4 Å². The summed E-state index contributed by atoms with van der Waals surface area (Å²) >= 11 is 1.67. The van der Waals surface area contributed by atoms with Crippen molar-refractivity contribution in [3.63, 3.8) is 0 Å². The van der Waals surface area contributed by atoms with E-state index in [1.54, 1.807) is 22.8 Å². The number of carbonyl (C=O) groups excluding carboxylic acids is 1. The highest BCUT2D eigenvalue weighted by molar-refractivity contribution is 7.99. The highest BCUT2D eigenvalue weighted by Crippen LogP contribution is 2.31. The van der Waals surface area contributed by atoms with Crippen molar-refractivity contribution >= 4 is 35.0 Å². The van der Waals surface area contributed by atoms with E-state index >= 15 is 0 Å². The predicted octanol–water partition coefficient (Wildman–Crippen LogP) is 4.45. The van der Waals surface area contributed by atoms with Crippen LogP contribution in [-0.2, 0) is 11.8 Å². The first-order chi connectivity index (χ1) is 13.2. The maximum Gasteiger partial charge on any atom is 0.246 e. The summed E-state index contributed by atoms with van der Waals surface area (Å²) < 4.78 is 1.66. The Morgan fingerprint density at radius 2 is 1.93 bits per heavy atom. The van der Waals surface area contributed by atoms with Crippen molar-refractivity contribution in [2.45, 2.75) is 29.1 Å². The first-order valence-electron chi connectivity index (χ1n) is 8.97. The van der Waals surface area contributed by atoms with Crippen LogP contribution in [0.3, 0.4) is 0 Å². The van der Waals surface area contributed by atoms with E-state index in [2.05, 4.69) is 32.8 Å². The Kier molecular flexibility index (Phi) is 5.11. The number of carbonyl (C=O) groups is 1. The normalized spacial score (nSPS) is 13.8. The summed E-state index contributed by atoms with van der Waals surface area (Å²) in [6.07, 6.45) is 4.85. The van der Waals surface area contributed by atoms with Gasteiger partial charge in [0.15, 0.2) is 0 Å². The summed E-state index contributed by atoms with van der Waals surface area (Å²) in [5.74, 6) is 0.914. The molecule has 1 aliphatic rings. The Balaban J connectivity index is 1.38. The number of hydrogen-bond acceptors (Lipinski definition) is 5. The quantitative estimate of drug-likeness (QED) is 0.662. The third-order valence-electron chi connectivity index (χ3n) is 4.52. The first-order valence-corrected chi connectivity index (χ1v) is 9.79. The zero-order chi connectivity index (χ0) is 18.6. The van der Waals surface area contributed by atoms with Crippen LogP contribution in [0.15, 0.2) is 64.6 Å². The fourth-order valence-corrected chi connectivity index (χ4v) is 3.70. The third-order valence-corrected chi connectivity index (χ3v) is 5.52. The number of benzene rings is 2. The van der Waals surface area contributed by atoms with Crippen molar-refractivity contribution in [2.75, 3.05) is 10.6 Å². The molecule has 0 aliphatic heterocycles. The van der Waals surface area contributed by atoms with Crippen LogP contribution < -0.4 is 10.6 Å². The van der Waals surface area contributed by atoms with Crippen LogP contribution in [-0.4, -0.2) is 20.7 Å². The number of aryl methyl sites for hydroxylation is 1. The monoisotopic (exact) mass is 379 g/mol. The molecule has 4 rings (SSSR count). The van der Waals surface area contributed by atoms with Crippen molar-refractivity contribution in [1.82, 2.24) is 14.8 Å². The second kappa shape index (κ2) is 7.84. The molecule has 1 fully saturated rings. The SMILES string of the molecule is Cn1cnc(Nc2cccc(Sc3ccc(NC(=O)C4CCC4)cc3)c2)n1. The maximum atomic E-state index is 12.0. The van der Waals surface area contributed by atoms with Crippen LogP contribution in [0.5, 0.6) is 0 Å². The number of amides is 1. The Bertz CT molecular complexity index is 934. The topological polar surface area (TPSA) is 71.8 Å². The molecule has 3 aromatic rings. The summed E-state index contributed by atoms with van der Waals surface area (Å²) in [5.41, 5.74) is 1.79. The number of nitrogens with zero attached hydrogens (tertiary/aromatic N) is 3. The van der Waals surface area contributed by atoms with Gasteiger partial charge in [0.05, 0.1) is 0 Å². The molecule has 1 aliphatic carbocycles. The molecule has 6 nitrogen and oxygen atoms in total. The number of anilines is 3. The number of aromatic nitrogens is 3. The van der Waals surface area contributed by atoms with Gasteiger partial charge in [-0.3, -0.25) is 9.48 Å². The molecular formula is C20H21N5OS. The predicted molar refractivity (Wildman–Crippen MR) is 107 cm³/mol. The lowest BCUT2D eigenvalue weighted by molar-refractivity contribution is -0.122. The summed E-state index contributed by atoms with van der Waals surface area (Å²) in [5, 5.41) is 10.4. The summed E-state index contributed by atoms with van der Waals surface area (Å²) in [6, 6.07) is 16.1. The lowest BCUT2D eigenvalue weighted by atomic mass is 9.85. The molecule has 0 saturated heterocycles. The summed E-state index contributed by atoms with van der Waals surface area (Å²) in [7, 11) is 1.84. The summed E-state index contributed by atoms with van der Waals surface area (Å²) in [4.78, 5) is 18.4. The van der Waals surface area contributed by atoms with Crippen molar-refractivity contribution < 1.29 is 4.79 Å². The lowest BCUT2D eigenvalue weighted by Gasteiger charge is -2.24. The van der Waals surface area contributed by atoms with E-state index in [0.29, 0.717) is 5.95 Å². The molecule has 138 valence electrons. The van der Waals surface area contributed by atoms with Gasteiger partial charge in [-0.25, -0.2) is 4.98 Å². The molecule has 0 atom stereocenters. The largest absolute Gasteiger partial charge is 0.326 e. The molecule has 0 radical (unpaired) electrons. The smallest absolute Gasteiger partial charge is 0.246 e. The molecule has 2 N–H and O–H groups in total.